The van der Waals surface area contributed by atoms with Gasteiger partial charge in [0.2, 0.25) is 0 Å². The largest absolute Gasteiger partial charge is 0.384 e. The quantitative estimate of drug-likeness (QED) is 0.910. The van der Waals surface area contributed by atoms with E-state index in [1.54, 1.807) is 0 Å². The van der Waals surface area contributed by atoms with E-state index in [0.29, 0.717) is 0 Å². The number of rotatable bonds is 4. The molecule has 1 atom stereocenters. The zero-order valence-electron chi connectivity index (χ0n) is 12.0. The lowest BCUT2D eigenvalue weighted by Crippen LogP contribution is -2.38. The second kappa shape index (κ2) is 6.92. The maximum absolute atomic E-state index is 3.53. The second-order valence-corrected chi connectivity index (χ2v) is 6.84. The summed E-state index contributed by atoms with van der Waals surface area (Å²) in [5, 5.41) is 3.53. The van der Waals surface area contributed by atoms with Crippen molar-refractivity contribution in [3.63, 3.8) is 0 Å². The molecule has 2 fully saturated rings. The van der Waals surface area contributed by atoms with E-state index in [0.717, 1.165) is 23.6 Å². The first-order chi connectivity index (χ1) is 9.81. The average molecular weight is 338 g/mol. The number of anilines is 1. The van der Waals surface area contributed by atoms with Gasteiger partial charge in [-0.1, -0.05) is 22.0 Å². The normalized spacial score (nSPS) is 24.4. The van der Waals surface area contributed by atoms with Crippen LogP contribution in [-0.2, 0) is 0 Å². The monoisotopic (exact) mass is 337 g/mol. The number of hydrogen-bond acceptors (Lipinski definition) is 3. The van der Waals surface area contributed by atoms with Gasteiger partial charge in [-0.05, 0) is 57.1 Å². The molecule has 1 aromatic rings. The Balaban J connectivity index is 1.46. The van der Waals surface area contributed by atoms with Crippen LogP contribution in [0.2, 0.25) is 0 Å². The Bertz CT molecular complexity index is 437. The maximum Gasteiger partial charge on any atom is 0.0351 e. The van der Waals surface area contributed by atoms with Crippen LogP contribution >= 0.6 is 15.9 Å². The van der Waals surface area contributed by atoms with Crippen LogP contribution in [0.1, 0.15) is 19.3 Å². The van der Waals surface area contributed by atoms with Gasteiger partial charge in [0.05, 0.1) is 0 Å². The van der Waals surface area contributed by atoms with E-state index in [4.69, 9.17) is 0 Å². The summed E-state index contributed by atoms with van der Waals surface area (Å²) in [6.45, 7) is 7.34. The molecule has 110 valence electrons. The van der Waals surface area contributed by atoms with Crippen LogP contribution in [0.3, 0.4) is 0 Å². The van der Waals surface area contributed by atoms with Gasteiger partial charge in [-0.3, -0.25) is 9.80 Å². The minimum atomic E-state index is 0.823. The molecule has 2 aliphatic heterocycles. The zero-order valence-corrected chi connectivity index (χ0v) is 13.6. The number of nitrogens with zero attached hydrogens (tertiary/aromatic N) is 2. The summed E-state index contributed by atoms with van der Waals surface area (Å²) in [6, 6.07) is 9.24. The van der Waals surface area contributed by atoms with E-state index in [2.05, 4.69) is 55.3 Å². The Hall–Kier alpha value is -0.580. The van der Waals surface area contributed by atoms with E-state index in [1.807, 2.05) is 0 Å². The molecule has 0 aromatic heterocycles. The van der Waals surface area contributed by atoms with Gasteiger partial charge in [-0.25, -0.2) is 0 Å². The van der Waals surface area contributed by atoms with Crippen molar-refractivity contribution in [1.82, 2.24) is 9.80 Å². The van der Waals surface area contributed by atoms with Crippen LogP contribution in [0.5, 0.6) is 0 Å². The molecule has 0 saturated carbocycles. The lowest BCUT2D eigenvalue weighted by molar-refractivity contribution is 0.224. The van der Waals surface area contributed by atoms with Crippen molar-refractivity contribution in [1.29, 1.82) is 0 Å². The van der Waals surface area contributed by atoms with Crippen LogP contribution in [0.25, 0.3) is 0 Å². The molecule has 0 bridgehead atoms. The summed E-state index contributed by atoms with van der Waals surface area (Å²) >= 11 is 3.52. The van der Waals surface area contributed by atoms with Gasteiger partial charge >= 0.3 is 0 Å². The van der Waals surface area contributed by atoms with Crippen LogP contribution in [0, 0.1) is 0 Å². The molecule has 3 rings (SSSR count). The standard InChI is InChI=1S/C16H24BrN3/c17-14-4-1-5-15(12-14)18-7-11-19-8-3-10-20-9-2-6-16(20)13-19/h1,4-5,12,16,18H,2-3,6-11,13H2. The van der Waals surface area contributed by atoms with Gasteiger partial charge in [0.1, 0.15) is 0 Å². The molecule has 2 heterocycles. The second-order valence-electron chi connectivity index (χ2n) is 5.92. The van der Waals surface area contributed by atoms with Crippen molar-refractivity contribution in [2.24, 2.45) is 0 Å². The van der Waals surface area contributed by atoms with E-state index >= 15 is 0 Å². The summed E-state index contributed by atoms with van der Waals surface area (Å²) in [5.74, 6) is 0. The molecule has 0 spiro atoms. The predicted molar refractivity (Wildman–Crippen MR) is 88.3 cm³/mol. The molecule has 0 radical (unpaired) electrons. The number of hydrogen-bond donors (Lipinski definition) is 1. The summed E-state index contributed by atoms with van der Waals surface area (Å²) in [6.07, 6.45) is 4.12. The third kappa shape index (κ3) is 3.74. The summed E-state index contributed by atoms with van der Waals surface area (Å²) in [4.78, 5) is 5.34. The molecule has 2 saturated heterocycles. The molecule has 3 nitrogen and oxygen atoms in total. The Labute approximate surface area is 130 Å². The highest BCUT2D eigenvalue weighted by Crippen LogP contribution is 2.21. The lowest BCUT2D eigenvalue weighted by atomic mass is 10.2. The molecule has 0 amide bonds. The average Bonchev–Trinajstić information content (AvgIpc) is 2.78. The van der Waals surface area contributed by atoms with Crippen molar-refractivity contribution in [3.05, 3.63) is 28.7 Å². The van der Waals surface area contributed by atoms with E-state index in [-0.39, 0.29) is 0 Å². The fourth-order valence-electron chi connectivity index (χ4n) is 3.44. The summed E-state index contributed by atoms with van der Waals surface area (Å²) < 4.78 is 1.14. The fourth-order valence-corrected chi connectivity index (χ4v) is 3.84. The molecule has 2 aliphatic rings. The highest BCUT2D eigenvalue weighted by molar-refractivity contribution is 9.10. The van der Waals surface area contributed by atoms with Crippen molar-refractivity contribution in [2.45, 2.75) is 25.3 Å². The fraction of sp³-hybridized carbons (Fsp3) is 0.625. The molecule has 1 unspecified atom stereocenters. The van der Waals surface area contributed by atoms with Crippen LogP contribution < -0.4 is 5.32 Å². The SMILES string of the molecule is Brc1cccc(NCCN2CCCN3CCCC3C2)c1. The van der Waals surface area contributed by atoms with Gasteiger partial charge in [0, 0.05) is 35.8 Å². The molecular formula is C16H24BrN3. The third-order valence-electron chi connectivity index (χ3n) is 4.47. The van der Waals surface area contributed by atoms with E-state index in [1.165, 1.54) is 51.1 Å². The molecule has 4 heteroatoms. The highest BCUT2D eigenvalue weighted by atomic mass is 79.9. The van der Waals surface area contributed by atoms with E-state index < -0.39 is 0 Å². The first kappa shape index (κ1) is 14.4. The summed E-state index contributed by atoms with van der Waals surface area (Å²) in [5.41, 5.74) is 1.21. The molecular weight excluding hydrogens is 314 g/mol. The topological polar surface area (TPSA) is 18.5 Å². The number of halogens is 1. The van der Waals surface area contributed by atoms with Crippen LogP contribution in [0.4, 0.5) is 5.69 Å². The Morgan fingerprint density at radius 3 is 3.00 bits per heavy atom. The maximum atomic E-state index is 3.53. The van der Waals surface area contributed by atoms with Crippen LogP contribution in [-0.4, -0.2) is 55.1 Å². The Morgan fingerprint density at radius 1 is 1.20 bits per heavy atom. The molecule has 0 aliphatic carbocycles. The van der Waals surface area contributed by atoms with Gasteiger partial charge in [-0.2, -0.15) is 0 Å². The first-order valence-corrected chi connectivity index (χ1v) is 8.56. The number of benzene rings is 1. The van der Waals surface area contributed by atoms with Gasteiger partial charge in [0.15, 0.2) is 0 Å². The van der Waals surface area contributed by atoms with Gasteiger partial charge in [-0.15, -0.1) is 0 Å². The van der Waals surface area contributed by atoms with Gasteiger partial charge < -0.3 is 5.32 Å². The van der Waals surface area contributed by atoms with Gasteiger partial charge in [0.25, 0.3) is 0 Å². The van der Waals surface area contributed by atoms with Crippen molar-refractivity contribution in [3.8, 4) is 0 Å². The molecule has 1 N–H and O–H groups in total. The number of nitrogens with one attached hydrogen (secondary N) is 1. The first-order valence-electron chi connectivity index (χ1n) is 7.77. The minimum Gasteiger partial charge on any atom is -0.384 e. The van der Waals surface area contributed by atoms with Crippen molar-refractivity contribution >= 4 is 21.6 Å². The Morgan fingerprint density at radius 2 is 2.10 bits per heavy atom. The summed E-state index contributed by atoms with van der Waals surface area (Å²) in [7, 11) is 0. The zero-order chi connectivity index (χ0) is 13.8. The smallest absolute Gasteiger partial charge is 0.0351 e. The van der Waals surface area contributed by atoms with Crippen molar-refractivity contribution < 1.29 is 0 Å². The third-order valence-corrected chi connectivity index (χ3v) is 4.96. The molecule has 1 aromatic carbocycles. The lowest BCUT2D eigenvalue weighted by Gasteiger charge is -2.25. The van der Waals surface area contributed by atoms with Crippen molar-refractivity contribution in [2.75, 3.05) is 44.6 Å². The van der Waals surface area contributed by atoms with Crippen LogP contribution in [0.15, 0.2) is 28.7 Å². The van der Waals surface area contributed by atoms with E-state index in [9.17, 15) is 0 Å². The predicted octanol–water partition coefficient (Wildman–Crippen LogP) is 3.03. The highest BCUT2D eigenvalue weighted by Gasteiger charge is 2.28. The number of fused-ring (bicyclic) bond motifs is 1. The molecule has 20 heavy (non-hydrogen) atoms. The minimum absolute atomic E-state index is 0.823. The Kier molecular flexibility index (Phi) is 4.97.